The fraction of sp³-hybridized carbons (Fsp3) is 0.167. The molecule has 0 bridgehead atoms. The first-order valence-corrected chi connectivity index (χ1v) is 6.36. The highest BCUT2D eigenvalue weighted by molar-refractivity contribution is 7.08. The van der Waals surface area contributed by atoms with E-state index >= 15 is 0 Å². The number of hydrogen-bond acceptors (Lipinski definition) is 2. The lowest BCUT2D eigenvalue weighted by molar-refractivity contribution is -0.138. The fourth-order valence-corrected chi connectivity index (χ4v) is 2.55. The van der Waals surface area contributed by atoms with E-state index in [0.717, 1.165) is 6.07 Å². The molecule has 0 saturated carbocycles. The molecule has 0 saturated heterocycles. The van der Waals surface area contributed by atoms with E-state index < -0.39 is 17.8 Å². The molecular formula is C12H10Cl2F3NS. The predicted molar refractivity (Wildman–Crippen MR) is 74.1 cm³/mol. The van der Waals surface area contributed by atoms with Crippen LogP contribution in [0.1, 0.15) is 22.7 Å². The molecule has 7 heteroatoms. The van der Waals surface area contributed by atoms with Gasteiger partial charge in [0.15, 0.2) is 0 Å². The zero-order valence-electron chi connectivity index (χ0n) is 9.45. The van der Waals surface area contributed by atoms with E-state index in [1.54, 1.807) is 16.8 Å². The van der Waals surface area contributed by atoms with Crippen LogP contribution < -0.4 is 5.73 Å². The summed E-state index contributed by atoms with van der Waals surface area (Å²) in [5.41, 5.74) is 5.78. The largest absolute Gasteiger partial charge is 0.416 e. The standard InChI is InChI=1S/C12H9ClF3NS.ClH/c13-8-1-2-9(10(5-8)12(14,15)16)11(17)7-3-4-18-6-7;/h1-6,11H,17H2;1H/t11-;/m1./s1. The van der Waals surface area contributed by atoms with E-state index in [1.165, 1.54) is 23.5 Å². The SMILES string of the molecule is Cl.N[C@H](c1ccsc1)c1ccc(Cl)cc1C(F)(F)F. The van der Waals surface area contributed by atoms with Crippen LogP contribution in [0.15, 0.2) is 35.0 Å². The zero-order chi connectivity index (χ0) is 13.3. The third kappa shape index (κ3) is 3.63. The molecule has 1 atom stereocenters. The molecule has 0 spiro atoms. The summed E-state index contributed by atoms with van der Waals surface area (Å²) in [5.74, 6) is 0. The molecule has 0 aliphatic rings. The Morgan fingerprint density at radius 3 is 2.42 bits per heavy atom. The molecule has 19 heavy (non-hydrogen) atoms. The van der Waals surface area contributed by atoms with E-state index in [4.69, 9.17) is 17.3 Å². The summed E-state index contributed by atoms with van der Waals surface area (Å²) in [6.07, 6.45) is -4.46. The quantitative estimate of drug-likeness (QED) is 0.834. The van der Waals surface area contributed by atoms with Gasteiger partial charge in [0.1, 0.15) is 0 Å². The van der Waals surface area contributed by atoms with Crippen molar-refractivity contribution in [3.05, 3.63) is 56.7 Å². The second kappa shape index (κ2) is 6.13. The van der Waals surface area contributed by atoms with E-state index in [1.807, 2.05) is 0 Å². The van der Waals surface area contributed by atoms with Crippen molar-refractivity contribution in [3.8, 4) is 0 Å². The number of thiophene rings is 1. The van der Waals surface area contributed by atoms with Gasteiger partial charge in [-0.05, 0) is 40.1 Å². The monoisotopic (exact) mass is 327 g/mol. The Balaban J connectivity index is 0.00000180. The summed E-state index contributed by atoms with van der Waals surface area (Å²) in [7, 11) is 0. The molecule has 1 aromatic heterocycles. The molecule has 0 unspecified atom stereocenters. The van der Waals surface area contributed by atoms with Gasteiger partial charge in [-0.25, -0.2) is 0 Å². The Morgan fingerprint density at radius 2 is 1.89 bits per heavy atom. The summed E-state index contributed by atoms with van der Waals surface area (Å²) in [6, 6.07) is 4.56. The molecule has 2 aromatic rings. The Kier molecular flexibility index (Phi) is 5.26. The topological polar surface area (TPSA) is 26.0 Å². The summed E-state index contributed by atoms with van der Waals surface area (Å²) < 4.78 is 38.8. The van der Waals surface area contributed by atoms with Crippen LogP contribution in [-0.4, -0.2) is 0 Å². The van der Waals surface area contributed by atoms with Crippen LogP contribution in [0.2, 0.25) is 5.02 Å². The van der Waals surface area contributed by atoms with Crippen molar-refractivity contribution in [2.45, 2.75) is 12.2 Å². The zero-order valence-corrected chi connectivity index (χ0v) is 11.8. The third-order valence-electron chi connectivity index (χ3n) is 2.56. The first-order chi connectivity index (χ1) is 8.39. The Labute approximate surface area is 123 Å². The van der Waals surface area contributed by atoms with Gasteiger partial charge in [0, 0.05) is 5.02 Å². The van der Waals surface area contributed by atoms with Crippen LogP contribution in [0.3, 0.4) is 0 Å². The van der Waals surface area contributed by atoms with Crippen LogP contribution in [0, 0.1) is 0 Å². The second-order valence-corrected chi connectivity index (χ2v) is 4.98. The van der Waals surface area contributed by atoms with Crippen LogP contribution in [0.4, 0.5) is 13.2 Å². The highest BCUT2D eigenvalue weighted by Crippen LogP contribution is 2.37. The molecule has 0 aliphatic heterocycles. The molecule has 1 aromatic carbocycles. The Hall–Kier alpha value is -0.750. The molecule has 2 N–H and O–H groups in total. The maximum atomic E-state index is 12.9. The predicted octanol–water partition coefficient (Wildman–Crippen LogP) is 4.89. The molecular weight excluding hydrogens is 318 g/mol. The van der Waals surface area contributed by atoms with Gasteiger partial charge >= 0.3 is 6.18 Å². The van der Waals surface area contributed by atoms with Crippen LogP contribution in [-0.2, 0) is 6.18 Å². The summed E-state index contributed by atoms with van der Waals surface area (Å²) in [5, 5.41) is 3.56. The molecule has 0 radical (unpaired) electrons. The lowest BCUT2D eigenvalue weighted by Crippen LogP contribution is -2.18. The molecule has 0 fully saturated rings. The van der Waals surface area contributed by atoms with Crippen LogP contribution in [0.5, 0.6) is 0 Å². The van der Waals surface area contributed by atoms with Crippen molar-refractivity contribution in [1.82, 2.24) is 0 Å². The van der Waals surface area contributed by atoms with Crippen molar-refractivity contribution in [1.29, 1.82) is 0 Å². The summed E-state index contributed by atoms with van der Waals surface area (Å²) >= 11 is 7.01. The van der Waals surface area contributed by atoms with Crippen molar-refractivity contribution >= 4 is 35.3 Å². The number of rotatable bonds is 2. The molecule has 1 heterocycles. The van der Waals surface area contributed by atoms with Crippen molar-refractivity contribution in [2.24, 2.45) is 5.73 Å². The fourth-order valence-electron chi connectivity index (χ4n) is 1.68. The smallest absolute Gasteiger partial charge is 0.320 e. The van der Waals surface area contributed by atoms with Crippen molar-refractivity contribution < 1.29 is 13.2 Å². The van der Waals surface area contributed by atoms with Gasteiger partial charge < -0.3 is 5.73 Å². The Bertz CT molecular complexity index is 540. The van der Waals surface area contributed by atoms with Gasteiger partial charge in [-0.3, -0.25) is 0 Å². The van der Waals surface area contributed by atoms with E-state index in [0.29, 0.717) is 5.56 Å². The molecule has 1 nitrogen and oxygen atoms in total. The van der Waals surface area contributed by atoms with Gasteiger partial charge in [-0.1, -0.05) is 17.7 Å². The average molecular weight is 328 g/mol. The van der Waals surface area contributed by atoms with Gasteiger partial charge in [0.05, 0.1) is 11.6 Å². The first-order valence-electron chi connectivity index (χ1n) is 5.04. The minimum absolute atomic E-state index is 0. The van der Waals surface area contributed by atoms with E-state index in [2.05, 4.69) is 0 Å². The lowest BCUT2D eigenvalue weighted by atomic mass is 9.96. The molecule has 0 amide bonds. The number of benzene rings is 1. The maximum absolute atomic E-state index is 12.9. The maximum Gasteiger partial charge on any atom is 0.416 e. The minimum atomic E-state index is -4.46. The summed E-state index contributed by atoms with van der Waals surface area (Å²) in [6.45, 7) is 0. The minimum Gasteiger partial charge on any atom is -0.320 e. The van der Waals surface area contributed by atoms with Gasteiger partial charge in [0.2, 0.25) is 0 Å². The Morgan fingerprint density at radius 1 is 1.21 bits per heavy atom. The lowest BCUT2D eigenvalue weighted by Gasteiger charge is -2.18. The number of halogens is 5. The molecule has 104 valence electrons. The highest BCUT2D eigenvalue weighted by Gasteiger charge is 2.35. The second-order valence-electron chi connectivity index (χ2n) is 3.76. The normalized spacial score (nSPS) is 12.9. The van der Waals surface area contributed by atoms with E-state index in [-0.39, 0.29) is 23.0 Å². The van der Waals surface area contributed by atoms with Crippen LogP contribution >= 0.6 is 35.3 Å². The van der Waals surface area contributed by atoms with Crippen molar-refractivity contribution in [3.63, 3.8) is 0 Å². The summed E-state index contributed by atoms with van der Waals surface area (Å²) in [4.78, 5) is 0. The van der Waals surface area contributed by atoms with Gasteiger partial charge in [0.25, 0.3) is 0 Å². The van der Waals surface area contributed by atoms with Gasteiger partial charge in [-0.2, -0.15) is 24.5 Å². The third-order valence-corrected chi connectivity index (χ3v) is 3.49. The molecule has 0 aliphatic carbocycles. The number of hydrogen-bond donors (Lipinski definition) is 1. The van der Waals surface area contributed by atoms with Crippen LogP contribution in [0.25, 0.3) is 0 Å². The number of alkyl halides is 3. The average Bonchev–Trinajstić information content (AvgIpc) is 2.80. The van der Waals surface area contributed by atoms with E-state index in [9.17, 15) is 13.2 Å². The first kappa shape index (κ1) is 16.3. The number of nitrogens with two attached hydrogens (primary N) is 1. The van der Waals surface area contributed by atoms with Crippen molar-refractivity contribution in [2.75, 3.05) is 0 Å². The highest BCUT2D eigenvalue weighted by atomic mass is 35.5. The van der Waals surface area contributed by atoms with Gasteiger partial charge in [-0.15, -0.1) is 12.4 Å². The molecule has 2 rings (SSSR count).